The van der Waals surface area contributed by atoms with Crippen molar-refractivity contribution < 1.29 is 17.5 Å². The highest BCUT2D eigenvalue weighted by molar-refractivity contribution is 7.87. The van der Waals surface area contributed by atoms with Crippen molar-refractivity contribution in [3.63, 3.8) is 0 Å². The van der Waals surface area contributed by atoms with Crippen LogP contribution >= 0.6 is 34.5 Å². The molecule has 1 unspecified atom stereocenters. The monoisotopic (exact) mass is 532 g/mol. The summed E-state index contributed by atoms with van der Waals surface area (Å²) in [4.78, 5) is 17.0. The quantitative estimate of drug-likeness (QED) is 0.147. The molecular weight excluding hydrogens is 511 g/mol. The van der Waals surface area contributed by atoms with Crippen LogP contribution in [0, 0.1) is 10.1 Å². The Morgan fingerprint density at radius 1 is 1.21 bits per heavy atom. The fraction of sp³-hybridized carbons (Fsp3) is 0.350. The first-order valence-electron chi connectivity index (χ1n) is 9.85. The topological polar surface area (TPSA) is 108 Å². The predicted molar refractivity (Wildman–Crippen MR) is 130 cm³/mol. The smallest absolute Gasteiger partial charge is 0.328 e. The summed E-state index contributed by atoms with van der Waals surface area (Å²) >= 11 is 12.6. The summed E-state index contributed by atoms with van der Waals surface area (Å²) in [6, 6.07) is 7.93. The largest absolute Gasteiger partial charge is 0.382 e. The van der Waals surface area contributed by atoms with E-state index < -0.39 is 20.3 Å². The minimum Gasteiger partial charge on any atom is -0.382 e. The van der Waals surface area contributed by atoms with Crippen LogP contribution in [0.4, 0.5) is 10.7 Å². The van der Waals surface area contributed by atoms with Crippen molar-refractivity contribution in [3.8, 4) is 5.75 Å². The average Bonchev–Trinajstić information content (AvgIpc) is 3.41. The van der Waals surface area contributed by atoms with Gasteiger partial charge in [0, 0.05) is 56.4 Å². The van der Waals surface area contributed by atoms with Gasteiger partial charge in [-0.25, -0.2) is 4.98 Å². The third-order valence-corrected chi connectivity index (χ3v) is 7.71. The molecule has 178 valence electrons. The van der Waals surface area contributed by atoms with Gasteiger partial charge in [0.15, 0.2) is 0 Å². The van der Waals surface area contributed by atoms with Gasteiger partial charge in [-0.05, 0) is 35.7 Å². The van der Waals surface area contributed by atoms with Gasteiger partial charge in [-0.15, -0.1) is 23.2 Å². The molecule has 0 spiro atoms. The second-order valence-corrected chi connectivity index (χ2v) is 10.4. The standard InChI is InChI=1S/C20H22Cl2N4O5S2/c1-24-12-9-23-19(24)14-18(17-6-13-32-20(17)26(27)28)33(29,30)31-16-4-2-15(3-5-16)25(10-7-21)11-8-22/h2-6,9,12-13,18H,7-8,10-11,14H2,1H3. The molecule has 0 bridgehead atoms. The van der Waals surface area contributed by atoms with E-state index in [4.69, 9.17) is 27.4 Å². The zero-order chi connectivity index (χ0) is 24.0. The van der Waals surface area contributed by atoms with E-state index in [1.807, 2.05) is 4.90 Å². The maximum absolute atomic E-state index is 13.3. The number of hydrogen-bond donors (Lipinski definition) is 0. The van der Waals surface area contributed by atoms with Crippen molar-refractivity contribution in [1.29, 1.82) is 0 Å². The SMILES string of the molecule is Cn1ccnc1CC(c1ccsc1[N+](=O)[O-])S(=O)(=O)Oc1ccc(N(CCCl)CCCl)cc1. The highest BCUT2D eigenvalue weighted by Crippen LogP contribution is 2.38. The zero-order valence-corrected chi connectivity index (χ0v) is 20.8. The van der Waals surface area contributed by atoms with Gasteiger partial charge < -0.3 is 13.7 Å². The normalized spacial score (nSPS) is 12.5. The van der Waals surface area contributed by atoms with E-state index >= 15 is 0 Å². The Morgan fingerprint density at radius 3 is 2.42 bits per heavy atom. The van der Waals surface area contributed by atoms with Crippen LogP contribution in [0.15, 0.2) is 48.1 Å². The Balaban J connectivity index is 1.91. The lowest BCUT2D eigenvalue weighted by Crippen LogP contribution is -2.27. The van der Waals surface area contributed by atoms with Gasteiger partial charge in [0.1, 0.15) is 16.8 Å². The molecule has 0 aliphatic carbocycles. The first kappa shape index (κ1) is 25.3. The van der Waals surface area contributed by atoms with Crippen LogP contribution in [-0.4, -0.2) is 47.7 Å². The maximum atomic E-state index is 13.3. The van der Waals surface area contributed by atoms with E-state index in [1.165, 1.54) is 29.8 Å². The molecule has 13 heteroatoms. The highest BCUT2D eigenvalue weighted by atomic mass is 35.5. The minimum atomic E-state index is -4.31. The molecule has 0 radical (unpaired) electrons. The van der Waals surface area contributed by atoms with Gasteiger partial charge in [0.2, 0.25) is 0 Å². The molecule has 1 atom stereocenters. The van der Waals surface area contributed by atoms with E-state index in [2.05, 4.69) is 4.98 Å². The second-order valence-electron chi connectivity index (χ2n) is 7.02. The third kappa shape index (κ3) is 6.17. The molecule has 0 amide bonds. The molecule has 0 aliphatic heterocycles. The number of thiophene rings is 1. The number of aromatic nitrogens is 2. The second kappa shape index (κ2) is 11.2. The molecule has 0 aliphatic rings. The summed E-state index contributed by atoms with van der Waals surface area (Å²) in [5.41, 5.74) is 0.888. The number of hydrogen-bond acceptors (Lipinski definition) is 8. The number of nitrogens with zero attached hydrogens (tertiary/aromatic N) is 4. The molecule has 1 aromatic carbocycles. The van der Waals surface area contributed by atoms with Crippen LogP contribution < -0.4 is 9.08 Å². The molecule has 9 nitrogen and oxygen atoms in total. The van der Waals surface area contributed by atoms with Gasteiger partial charge in [0.05, 0.1) is 10.5 Å². The van der Waals surface area contributed by atoms with E-state index in [0.717, 1.165) is 17.0 Å². The van der Waals surface area contributed by atoms with Crippen LogP contribution in [0.3, 0.4) is 0 Å². The molecular formula is C20H22Cl2N4O5S2. The minimum absolute atomic E-state index is 0.0695. The summed E-state index contributed by atoms with van der Waals surface area (Å²) in [5.74, 6) is 1.38. The van der Waals surface area contributed by atoms with Crippen LogP contribution in [0.1, 0.15) is 16.6 Å². The number of nitro groups is 1. The Bertz CT molecular complexity index is 1180. The van der Waals surface area contributed by atoms with Crippen molar-refractivity contribution in [2.45, 2.75) is 11.7 Å². The molecule has 2 aromatic heterocycles. The fourth-order valence-corrected chi connectivity index (χ4v) is 5.92. The van der Waals surface area contributed by atoms with Crippen LogP contribution in [0.5, 0.6) is 5.75 Å². The van der Waals surface area contributed by atoms with Gasteiger partial charge in [-0.3, -0.25) is 10.1 Å². The van der Waals surface area contributed by atoms with Crippen LogP contribution in [0.25, 0.3) is 0 Å². The number of rotatable bonds is 12. The fourth-order valence-electron chi connectivity index (χ4n) is 3.31. The highest BCUT2D eigenvalue weighted by Gasteiger charge is 2.37. The Labute approximate surface area is 205 Å². The van der Waals surface area contributed by atoms with E-state index in [1.54, 1.807) is 29.9 Å². The molecule has 0 N–H and O–H groups in total. The van der Waals surface area contributed by atoms with Gasteiger partial charge in [-0.1, -0.05) is 11.3 Å². The van der Waals surface area contributed by atoms with Gasteiger partial charge in [0.25, 0.3) is 0 Å². The number of anilines is 1. The lowest BCUT2D eigenvalue weighted by molar-refractivity contribution is -0.380. The summed E-state index contributed by atoms with van der Waals surface area (Å²) in [6.07, 6.45) is 3.13. The Kier molecular flexibility index (Phi) is 8.57. The van der Waals surface area contributed by atoms with E-state index in [0.29, 0.717) is 30.7 Å². The number of aryl methyl sites for hydroxylation is 1. The predicted octanol–water partition coefficient (Wildman–Crippen LogP) is 4.37. The van der Waals surface area contributed by atoms with Gasteiger partial charge >= 0.3 is 15.1 Å². The van der Waals surface area contributed by atoms with Crippen molar-refractivity contribution in [2.24, 2.45) is 7.05 Å². The molecule has 3 rings (SSSR count). The summed E-state index contributed by atoms with van der Waals surface area (Å²) < 4.78 is 33.7. The molecule has 0 saturated heterocycles. The Morgan fingerprint density at radius 2 is 1.88 bits per heavy atom. The lowest BCUT2D eigenvalue weighted by atomic mass is 10.1. The van der Waals surface area contributed by atoms with E-state index in [-0.39, 0.29) is 22.7 Å². The summed E-state index contributed by atoms with van der Waals surface area (Å²) in [7, 11) is -2.58. The molecule has 0 saturated carbocycles. The van der Waals surface area contributed by atoms with E-state index in [9.17, 15) is 18.5 Å². The van der Waals surface area contributed by atoms with Crippen molar-refractivity contribution in [3.05, 3.63) is 69.6 Å². The average molecular weight is 533 g/mol. The lowest BCUT2D eigenvalue weighted by Gasteiger charge is -2.23. The number of halogens is 2. The summed E-state index contributed by atoms with van der Waals surface area (Å²) in [5, 5.41) is 11.4. The van der Waals surface area contributed by atoms with Crippen LogP contribution in [-0.2, 0) is 23.6 Å². The van der Waals surface area contributed by atoms with Crippen molar-refractivity contribution >= 4 is 55.3 Å². The number of benzene rings is 1. The van der Waals surface area contributed by atoms with Gasteiger partial charge in [-0.2, -0.15) is 8.42 Å². The maximum Gasteiger partial charge on any atom is 0.328 e. The number of alkyl halides is 2. The first-order valence-corrected chi connectivity index (χ1v) is 13.3. The Hall–Kier alpha value is -2.34. The molecule has 0 fully saturated rings. The first-order chi connectivity index (χ1) is 15.8. The third-order valence-electron chi connectivity index (χ3n) is 4.95. The molecule has 33 heavy (non-hydrogen) atoms. The van der Waals surface area contributed by atoms with Crippen LogP contribution in [0.2, 0.25) is 0 Å². The zero-order valence-electron chi connectivity index (χ0n) is 17.6. The van der Waals surface area contributed by atoms with Crippen molar-refractivity contribution in [2.75, 3.05) is 29.7 Å². The summed E-state index contributed by atoms with van der Waals surface area (Å²) in [6.45, 7) is 1.17. The van der Waals surface area contributed by atoms with Crippen molar-refractivity contribution in [1.82, 2.24) is 9.55 Å². The molecule has 2 heterocycles. The molecule has 3 aromatic rings. The number of imidazole rings is 1.